The molecule has 0 radical (unpaired) electrons. The topological polar surface area (TPSA) is 208 Å². The highest BCUT2D eigenvalue weighted by molar-refractivity contribution is 7.80. The Morgan fingerprint density at radius 2 is 1.85 bits per heavy atom. The molecule has 1 fully saturated rings. The van der Waals surface area contributed by atoms with E-state index in [2.05, 4.69) is 43.9 Å². The average molecular weight is 484 g/mol. The Labute approximate surface area is 195 Å². The Morgan fingerprint density at radius 3 is 2.39 bits per heavy atom. The van der Waals surface area contributed by atoms with E-state index in [1.807, 2.05) is 0 Å². The largest absolute Gasteiger partial charge is 0.480 e. The van der Waals surface area contributed by atoms with Gasteiger partial charge >= 0.3 is 5.97 Å². The fourth-order valence-electron chi connectivity index (χ4n) is 3.29. The third-order valence-corrected chi connectivity index (χ3v) is 5.46. The SMILES string of the molecule is NC(=O)CCC(NC(=O)C1CCCN1)C(=O)NC(Cc1cnc[nH]1)C(=O)NC(CS)C(=O)O. The molecule has 2 rings (SSSR count). The van der Waals surface area contributed by atoms with Crippen LogP contribution in [0.5, 0.6) is 0 Å². The van der Waals surface area contributed by atoms with Gasteiger partial charge in [-0.1, -0.05) is 0 Å². The summed E-state index contributed by atoms with van der Waals surface area (Å²) in [5, 5.41) is 19.7. The normalized spacial score (nSPS) is 18.0. The van der Waals surface area contributed by atoms with E-state index >= 15 is 0 Å². The number of aliphatic carboxylic acids is 1. The van der Waals surface area contributed by atoms with E-state index in [0.29, 0.717) is 18.7 Å². The van der Waals surface area contributed by atoms with Crippen molar-refractivity contribution >= 4 is 42.2 Å². The first-order chi connectivity index (χ1) is 15.7. The van der Waals surface area contributed by atoms with Gasteiger partial charge in [0.15, 0.2) is 0 Å². The molecule has 0 aliphatic carbocycles. The van der Waals surface area contributed by atoms with Gasteiger partial charge in [0.2, 0.25) is 23.6 Å². The summed E-state index contributed by atoms with van der Waals surface area (Å²) in [7, 11) is 0. The minimum Gasteiger partial charge on any atom is -0.480 e. The first kappa shape index (κ1) is 26.1. The quantitative estimate of drug-likeness (QED) is 0.140. The van der Waals surface area contributed by atoms with E-state index in [0.717, 1.165) is 6.42 Å². The molecule has 0 spiro atoms. The molecule has 4 amide bonds. The highest BCUT2D eigenvalue weighted by Gasteiger charge is 2.31. The molecule has 4 atom stereocenters. The van der Waals surface area contributed by atoms with Crippen LogP contribution < -0.4 is 27.0 Å². The van der Waals surface area contributed by atoms with Gasteiger partial charge < -0.3 is 37.1 Å². The maximum atomic E-state index is 13.0. The van der Waals surface area contributed by atoms with Crippen LogP contribution in [0.2, 0.25) is 0 Å². The summed E-state index contributed by atoms with van der Waals surface area (Å²) in [5.74, 6) is -3.94. The number of carboxylic acid groups (broad SMARTS) is 1. The van der Waals surface area contributed by atoms with Crippen molar-refractivity contribution in [1.29, 1.82) is 0 Å². The van der Waals surface area contributed by atoms with Gasteiger partial charge in [0, 0.05) is 30.5 Å². The van der Waals surface area contributed by atoms with Gasteiger partial charge in [-0.25, -0.2) is 9.78 Å². The Bertz CT molecular complexity index is 844. The molecule has 0 aromatic carbocycles. The van der Waals surface area contributed by atoms with E-state index in [-0.39, 0.29) is 25.0 Å². The van der Waals surface area contributed by atoms with Crippen molar-refractivity contribution in [2.24, 2.45) is 5.73 Å². The molecule has 1 aromatic heterocycles. The maximum Gasteiger partial charge on any atom is 0.327 e. The standard InChI is InChI=1S/C19H29N7O6S/c20-15(27)4-3-12(24-16(28)11-2-1-5-22-11)17(29)25-13(6-10-7-21-9-23-10)18(30)26-14(8-33)19(31)32/h7,9,11-14,22,33H,1-6,8H2,(H2,20,27)(H,21,23)(H,24,28)(H,25,29)(H,26,30)(H,31,32). The monoisotopic (exact) mass is 483 g/mol. The van der Waals surface area contributed by atoms with Crippen LogP contribution >= 0.6 is 12.6 Å². The number of nitrogens with one attached hydrogen (secondary N) is 5. The number of primary amides is 1. The number of aromatic amines is 1. The smallest absolute Gasteiger partial charge is 0.327 e. The van der Waals surface area contributed by atoms with Gasteiger partial charge in [0.05, 0.1) is 12.4 Å². The summed E-state index contributed by atoms with van der Waals surface area (Å²) in [4.78, 5) is 67.5. The Morgan fingerprint density at radius 1 is 1.15 bits per heavy atom. The number of hydrogen-bond donors (Lipinski definition) is 8. The highest BCUT2D eigenvalue weighted by atomic mass is 32.1. The van der Waals surface area contributed by atoms with Crippen molar-refractivity contribution in [2.45, 2.75) is 56.3 Å². The van der Waals surface area contributed by atoms with Crippen LogP contribution in [-0.4, -0.2) is 81.1 Å². The maximum absolute atomic E-state index is 13.0. The van der Waals surface area contributed by atoms with Gasteiger partial charge in [-0.3, -0.25) is 19.2 Å². The van der Waals surface area contributed by atoms with Gasteiger partial charge in [-0.2, -0.15) is 12.6 Å². The second-order valence-electron chi connectivity index (χ2n) is 7.64. The first-order valence-corrected chi connectivity index (χ1v) is 11.1. The average Bonchev–Trinajstić information content (AvgIpc) is 3.47. The summed E-state index contributed by atoms with van der Waals surface area (Å²) < 4.78 is 0. The van der Waals surface area contributed by atoms with Gasteiger partial charge in [-0.15, -0.1) is 0 Å². The Balaban J connectivity index is 2.14. The Kier molecular flexibility index (Phi) is 10.1. The summed E-state index contributed by atoms with van der Waals surface area (Å²) in [6.45, 7) is 0.679. The third-order valence-electron chi connectivity index (χ3n) is 5.10. The molecule has 0 saturated carbocycles. The molecule has 33 heavy (non-hydrogen) atoms. The molecule has 1 aromatic rings. The van der Waals surface area contributed by atoms with E-state index in [1.54, 1.807) is 0 Å². The fraction of sp³-hybridized carbons (Fsp3) is 0.579. The van der Waals surface area contributed by atoms with Gasteiger partial charge in [-0.05, 0) is 25.8 Å². The lowest BCUT2D eigenvalue weighted by Crippen LogP contribution is -2.58. The number of thiol groups is 1. The van der Waals surface area contributed by atoms with Crippen LogP contribution in [-0.2, 0) is 30.4 Å². The number of carboxylic acids is 1. The second kappa shape index (κ2) is 12.8. The lowest BCUT2D eigenvalue weighted by molar-refractivity contribution is -0.141. The van der Waals surface area contributed by atoms with E-state index < -0.39 is 53.8 Å². The number of H-pyrrole nitrogens is 1. The van der Waals surface area contributed by atoms with E-state index in [9.17, 15) is 29.1 Å². The van der Waals surface area contributed by atoms with Crippen LogP contribution in [0.4, 0.5) is 0 Å². The number of carbonyl (C=O) groups excluding carboxylic acids is 4. The summed E-state index contributed by atoms with van der Waals surface area (Å²) in [5.41, 5.74) is 5.71. The van der Waals surface area contributed by atoms with Crippen molar-refractivity contribution in [2.75, 3.05) is 12.3 Å². The molecule has 182 valence electrons. The van der Waals surface area contributed by atoms with Gasteiger partial charge in [0.25, 0.3) is 0 Å². The van der Waals surface area contributed by atoms with Crippen molar-refractivity contribution in [1.82, 2.24) is 31.2 Å². The van der Waals surface area contributed by atoms with E-state index in [1.165, 1.54) is 12.5 Å². The molecule has 1 aliphatic heterocycles. The van der Waals surface area contributed by atoms with Crippen LogP contribution in [0.1, 0.15) is 31.4 Å². The van der Waals surface area contributed by atoms with Crippen molar-refractivity contribution in [3.8, 4) is 0 Å². The molecule has 1 aliphatic rings. The van der Waals surface area contributed by atoms with E-state index in [4.69, 9.17) is 5.73 Å². The molecule has 2 heterocycles. The number of aromatic nitrogens is 2. The highest BCUT2D eigenvalue weighted by Crippen LogP contribution is 2.08. The van der Waals surface area contributed by atoms with Crippen molar-refractivity contribution in [3.05, 3.63) is 18.2 Å². The second-order valence-corrected chi connectivity index (χ2v) is 8.00. The molecule has 8 N–H and O–H groups in total. The van der Waals surface area contributed by atoms with Crippen LogP contribution in [0.3, 0.4) is 0 Å². The summed E-state index contributed by atoms with van der Waals surface area (Å²) >= 11 is 3.92. The first-order valence-electron chi connectivity index (χ1n) is 10.4. The van der Waals surface area contributed by atoms with Crippen molar-refractivity contribution in [3.63, 3.8) is 0 Å². The molecular formula is C19H29N7O6S. The number of nitrogens with zero attached hydrogens (tertiary/aromatic N) is 1. The zero-order valence-electron chi connectivity index (χ0n) is 17.9. The summed E-state index contributed by atoms with van der Waals surface area (Å²) in [6.07, 6.45) is 4.04. The van der Waals surface area contributed by atoms with Crippen molar-refractivity contribution < 1.29 is 29.1 Å². The number of amides is 4. The molecule has 13 nitrogen and oxygen atoms in total. The number of rotatable bonds is 13. The lowest BCUT2D eigenvalue weighted by atomic mass is 10.1. The molecule has 0 bridgehead atoms. The zero-order chi connectivity index (χ0) is 24.4. The zero-order valence-corrected chi connectivity index (χ0v) is 18.8. The third kappa shape index (κ3) is 8.38. The van der Waals surface area contributed by atoms with Crippen LogP contribution in [0, 0.1) is 0 Å². The molecule has 14 heteroatoms. The number of carbonyl (C=O) groups is 5. The number of hydrogen-bond acceptors (Lipinski definition) is 8. The predicted octanol–water partition coefficient (Wildman–Crippen LogP) is -2.56. The van der Waals surface area contributed by atoms with Crippen LogP contribution in [0.15, 0.2) is 12.5 Å². The predicted molar refractivity (Wildman–Crippen MR) is 119 cm³/mol. The van der Waals surface area contributed by atoms with Crippen LogP contribution in [0.25, 0.3) is 0 Å². The lowest BCUT2D eigenvalue weighted by Gasteiger charge is -2.24. The molecule has 4 unspecified atom stereocenters. The summed E-state index contributed by atoms with van der Waals surface area (Å²) in [6, 6.07) is -4.02. The molecule has 1 saturated heterocycles. The Hall–Kier alpha value is -3.13. The fourth-order valence-corrected chi connectivity index (χ4v) is 3.54. The van der Waals surface area contributed by atoms with Gasteiger partial charge in [0.1, 0.15) is 18.1 Å². The molecular weight excluding hydrogens is 454 g/mol. The minimum atomic E-state index is -1.28. The number of nitrogens with two attached hydrogens (primary N) is 1. The number of imidazole rings is 1. The minimum absolute atomic E-state index is 0.0167.